The molecule has 5 rings (SSSR count). The van der Waals surface area contributed by atoms with Crippen LogP contribution < -0.4 is 10.5 Å². The number of para-hydroxylation sites is 2. The lowest BCUT2D eigenvalue weighted by atomic mass is 10.1. The standard InChI is InChI=1S/C28H28N4O2S/c1-20-12-13-21(2)25(18-20)32-27(34)23-10-6-7-11-24(23)29-28(32)35-19-26(33)31-16-14-30(15-17-31)22-8-4-3-5-9-22/h3-13,18H,14-17,19H2,1-2H3. The number of hydrogen-bond donors (Lipinski definition) is 0. The third-order valence-electron chi connectivity index (χ3n) is 6.43. The van der Waals surface area contributed by atoms with Crippen molar-refractivity contribution < 1.29 is 4.79 Å². The van der Waals surface area contributed by atoms with Crippen molar-refractivity contribution in [1.82, 2.24) is 14.5 Å². The van der Waals surface area contributed by atoms with E-state index >= 15 is 0 Å². The number of fused-ring (bicyclic) bond motifs is 1. The molecule has 3 aromatic carbocycles. The highest BCUT2D eigenvalue weighted by molar-refractivity contribution is 7.99. The summed E-state index contributed by atoms with van der Waals surface area (Å²) in [7, 11) is 0. The molecule has 1 aliphatic rings. The zero-order valence-electron chi connectivity index (χ0n) is 20.0. The molecule has 6 nitrogen and oxygen atoms in total. The second kappa shape index (κ2) is 9.96. The van der Waals surface area contributed by atoms with Crippen molar-refractivity contribution in [2.24, 2.45) is 0 Å². The van der Waals surface area contributed by atoms with E-state index in [-0.39, 0.29) is 17.2 Å². The van der Waals surface area contributed by atoms with Crippen LogP contribution in [0.25, 0.3) is 16.6 Å². The molecule has 0 spiro atoms. The fraction of sp³-hybridized carbons (Fsp3) is 0.250. The van der Waals surface area contributed by atoms with Gasteiger partial charge in [0.1, 0.15) is 0 Å². The van der Waals surface area contributed by atoms with E-state index in [2.05, 4.69) is 17.0 Å². The lowest BCUT2D eigenvalue weighted by Gasteiger charge is -2.36. The van der Waals surface area contributed by atoms with Crippen LogP contribution in [0.3, 0.4) is 0 Å². The Bertz CT molecular complexity index is 1430. The average Bonchev–Trinajstić information content (AvgIpc) is 2.89. The predicted octanol–water partition coefficient (Wildman–Crippen LogP) is 4.44. The average molecular weight is 485 g/mol. The van der Waals surface area contributed by atoms with Crippen molar-refractivity contribution in [2.45, 2.75) is 19.0 Å². The quantitative estimate of drug-likeness (QED) is 0.310. The number of aryl methyl sites for hydroxylation is 2. The van der Waals surface area contributed by atoms with Crippen LogP contribution in [0.15, 0.2) is 82.7 Å². The Labute approximate surface area is 209 Å². The first-order chi connectivity index (χ1) is 17.0. The van der Waals surface area contributed by atoms with Crippen molar-refractivity contribution in [3.05, 3.63) is 94.3 Å². The summed E-state index contributed by atoms with van der Waals surface area (Å²) < 4.78 is 1.66. The van der Waals surface area contributed by atoms with Crippen LogP contribution in [0.4, 0.5) is 5.69 Å². The highest BCUT2D eigenvalue weighted by Crippen LogP contribution is 2.25. The first kappa shape index (κ1) is 23.2. The number of piperazine rings is 1. The maximum absolute atomic E-state index is 13.5. The molecule has 2 heterocycles. The number of anilines is 1. The molecule has 4 aromatic rings. The van der Waals surface area contributed by atoms with E-state index in [1.807, 2.05) is 73.3 Å². The lowest BCUT2D eigenvalue weighted by molar-refractivity contribution is -0.128. The molecule has 1 amide bonds. The molecule has 1 fully saturated rings. The maximum atomic E-state index is 13.5. The normalized spacial score (nSPS) is 13.9. The number of hydrogen-bond acceptors (Lipinski definition) is 5. The minimum atomic E-state index is -0.115. The SMILES string of the molecule is Cc1ccc(C)c(-n2c(SCC(=O)N3CCN(c4ccccc4)CC3)nc3ccccc3c2=O)c1. The zero-order valence-corrected chi connectivity index (χ0v) is 20.8. The van der Waals surface area contributed by atoms with Crippen molar-refractivity contribution in [1.29, 1.82) is 0 Å². The van der Waals surface area contributed by atoms with Crippen LogP contribution in [-0.2, 0) is 4.79 Å². The number of carbonyl (C=O) groups excluding carboxylic acids is 1. The third-order valence-corrected chi connectivity index (χ3v) is 7.35. The second-order valence-corrected chi connectivity index (χ2v) is 9.78. The summed E-state index contributed by atoms with van der Waals surface area (Å²) >= 11 is 1.33. The minimum absolute atomic E-state index is 0.0673. The summed E-state index contributed by atoms with van der Waals surface area (Å²) in [6.45, 7) is 6.98. The van der Waals surface area contributed by atoms with Crippen molar-refractivity contribution in [2.75, 3.05) is 36.8 Å². The molecule has 7 heteroatoms. The van der Waals surface area contributed by atoms with Gasteiger partial charge in [-0.05, 0) is 55.3 Å². The van der Waals surface area contributed by atoms with E-state index in [9.17, 15) is 9.59 Å². The van der Waals surface area contributed by atoms with Crippen LogP contribution in [0.1, 0.15) is 11.1 Å². The first-order valence-electron chi connectivity index (χ1n) is 11.8. The third kappa shape index (κ3) is 4.82. The van der Waals surface area contributed by atoms with Crippen LogP contribution in [0.5, 0.6) is 0 Å². The van der Waals surface area contributed by atoms with Gasteiger partial charge in [0.05, 0.1) is 22.3 Å². The summed E-state index contributed by atoms with van der Waals surface area (Å²) in [4.78, 5) is 35.7. The van der Waals surface area contributed by atoms with Gasteiger partial charge in [-0.15, -0.1) is 0 Å². The monoisotopic (exact) mass is 484 g/mol. The molecule has 1 aromatic heterocycles. The number of amides is 1. The Morgan fingerprint density at radius 3 is 2.40 bits per heavy atom. The number of rotatable bonds is 5. The summed E-state index contributed by atoms with van der Waals surface area (Å²) in [5.41, 5.74) is 4.57. The molecule has 0 radical (unpaired) electrons. The highest BCUT2D eigenvalue weighted by Gasteiger charge is 2.23. The molecule has 178 valence electrons. The molecule has 0 unspecified atom stereocenters. The number of aromatic nitrogens is 2. The van der Waals surface area contributed by atoms with Gasteiger partial charge in [0.15, 0.2) is 5.16 Å². The van der Waals surface area contributed by atoms with Gasteiger partial charge in [0, 0.05) is 31.9 Å². The molecule has 0 bridgehead atoms. The molecule has 0 saturated carbocycles. The van der Waals surface area contributed by atoms with Gasteiger partial charge in [-0.25, -0.2) is 4.98 Å². The Kier molecular flexibility index (Phi) is 6.59. The van der Waals surface area contributed by atoms with Crippen molar-refractivity contribution in [3.8, 4) is 5.69 Å². The molecule has 0 aliphatic carbocycles. The Balaban J connectivity index is 1.38. The fourth-order valence-corrected chi connectivity index (χ4v) is 5.36. The molecule has 0 atom stereocenters. The number of nitrogens with zero attached hydrogens (tertiary/aromatic N) is 4. The molecule has 1 saturated heterocycles. The van der Waals surface area contributed by atoms with Crippen LogP contribution in [0, 0.1) is 13.8 Å². The number of thioether (sulfide) groups is 1. The number of benzene rings is 3. The van der Waals surface area contributed by atoms with E-state index < -0.39 is 0 Å². The van der Waals surface area contributed by atoms with Crippen LogP contribution >= 0.6 is 11.8 Å². The van der Waals surface area contributed by atoms with Gasteiger partial charge in [0.25, 0.3) is 5.56 Å². The molecular weight excluding hydrogens is 456 g/mol. The first-order valence-corrected chi connectivity index (χ1v) is 12.8. The Hall–Kier alpha value is -3.58. The predicted molar refractivity (Wildman–Crippen MR) is 143 cm³/mol. The summed E-state index contributed by atoms with van der Waals surface area (Å²) in [6.07, 6.45) is 0. The van der Waals surface area contributed by atoms with Crippen molar-refractivity contribution in [3.63, 3.8) is 0 Å². The smallest absolute Gasteiger partial charge is 0.266 e. The molecule has 0 N–H and O–H groups in total. The molecular formula is C28H28N4O2S. The fourth-order valence-electron chi connectivity index (χ4n) is 4.45. The zero-order chi connectivity index (χ0) is 24.4. The van der Waals surface area contributed by atoms with Crippen molar-refractivity contribution >= 4 is 34.3 Å². The maximum Gasteiger partial charge on any atom is 0.266 e. The summed E-state index contributed by atoms with van der Waals surface area (Å²) in [6, 6.07) is 23.7. The molecule has 1 aliphatic heterocycles. The van der Waals surface area contributed by atoms with Gasteiger partial charge in [0.2, 0.25) is 5.91 Å². The van der Waals surface area contributed by atoms with Gasteiger partial charge < -0.3 is 9.80 Å². The summed E-state index contributed by atoms with van der Waals surface area (Å²) in [5, 5.41) is 1.11. The van der Waals surface area contributed by atoms with Gasteiger partial charge in [-0.1, -0.05) is 54.2 Å². The Morgan fingerprint density at radius 1 is 0.914 bits per heavy atom. The Morgan fingerprint density at radius 2 is 1.63 bits per heavy atom. The van der Waals surface area contributed by atoms with E-state index in [0.29, 0.717) is 29.1 Å². The largest absolute Gasteiger partial charge is 0.368 e. The number of carbonyl (C=O) groups is 1. The topological polar surface area (TPSA) is 58.4 Å². The van der Waals surface area contributed by atoms with E-state index in [1.165, 1.54) is 17.4 Å². The summed E-state index contributed by atoms with van der Waals surface area (Å²) in [5.74, 6) is 0.304. The highest BCUT2D eigenvalue weighted by atomic mass is 32.2. The minimum Gasteiger partial charge on any atom is -0.368 e. The van der Waals surface area contributed by atoms with E-state index in [0.717, 1.165) is 29.9 Å². The molecule has 35 heavy (non-hydrogen) atoms. The van der Waals surface area contributed by atoms with E-state index in [4.69, 9.17) is 4.98 Å². The van der Waals surface area contributed by atoms with E-state index in [1.54, 1.807) is 10.6 Å². The van der Waals surface area contributed by atoms with Gasteiger partial charge >= 0.3 is 0 Å². The van der Waals surface area contributed by atoms with Crippen LogP contribution in [0.2, 0.25) is 0 Å². The van der Waals surface area contributed by atoms with Gasteiger partial charge in [-0.3, -0.25) is 14.2 Å². The van der Waals surface area contributed by atoms with Gasteiger partial charge in [-0.2, -0.15) is 0 Å². The van der Waals surface area contributed by atoms with Crippen LogP contribution in [-0.4, -0.2) is 52.3 Å². The lowest BCUT2D eigenvalue weighted by Crippen LogP contribution is -2.49. The second-order valence-electron chi connectivity index (χ2n) is 8.83.